The highest BCUT2D eigenvalue weighted by molar-refractivity contribution is 5.69. The van der Waals surface area contributed by atoms with Gasteiger partial charge in [-0.05, 0) is 129 Å². The van der Waals surface area contributed by atoms with Gasteiger partial charge in [-0.15, -0.1) is 0 Å². The first-order chi connectivity index (χ1) is 16.5. The molecule has 0 spiro atoms. The summed E-state index contributed by atoms with van der Waals surface area (Å²) in [5, 5.41) is 20.9. The third kappa shape index (κ3) is 3.39. The SMILES string of the molecule is Cc1c(O)c(O)cc2c1C=CC1C2(C)CCC2C3C[C@](C)(CN4CCCC4)CCC3(C)CCC21C. The second kappa shape index (κ2) is 7.76. The van der Waals surface area contributed by atoms with Crippen LogP contribution in [0.3, 0.4) is 0 Å². The van der Waals surface area contributed by atoms with Crippen LogP contribution in [-0.2, 0) is 5.41 Å². The Labute approximate surface area is 213 Å². The molecule has 0 radical (unpaired) electrons. The zero-order valence-corrected chi connectivity index (χ0v) is 22.8. The van der Waals surface area contributed by atoms with Crippen molar-refractivity contribution in [3.8, 4) is 11.5 Å². The smallest absolute Gasteiger partial charge is 0.161 e. The topological polar surface area (TPSA) is 43.7 Å². The van der Waals surface area contributed by atoms with Gasteiger partial charge >= 0.3 is 0 Å². The molecule has 1 aliphatic heterocycles. The van der Waals surface area contributed by atoms with E-state index >= 15 is 0 Å². The molecular formula is C32H47NO2. The van der Waals surface area contributed by atoms with Gasteiger partial charge in [0.2, 0.25) is 0 Å². The third-order valence-corrected chi connectivity index (χ3v) is 12.3. The highest BCUT2D eigenvalue weighted by atomic mass is 16.3. The Bertz CT molecular complexity index is 1060. The van der Waals surface area contributed by atoms with Crippen molar-refractivity contribution in [2.75, 3.05) is 19.6 Å². The van der Waals surface area contributed by atoms with Gasteiger partial charge in [0.25, 0.3) is 0 Å². The fraction of sp³-hybridized carbons (Fsp3) is 0.750. The van der Waals surface area contributed by atoms with Crippen molar-refractivity contribution in [1.82, 2.24) is 4.90 Å². The molecule has 192 valence electrons. The number of aromatic hydroxyl groups is 2. The molecule has 0 bridgehead atoms. The monoisotopic (exact) mass is 477 g/mol. The predicted octanol–water partition coefficient (Wildman–Crippen LogP) is 7.43. The fourth-order valence-electron chi connectivity index (χ4n) is 10.1. The summed E-state index contributed by atoms with van der Waals surface area (Å²) in [4.78, 5) is 2.76. The van der Waals surface area contributed by atoms with Crippen LogP contribution in [0.4, 0.5) is 0 Å². The zero-order valence-electron chi connectivity index (χ0n) is 22.8. The number of hydrogen-bond donors (Lipinski definition) is 2. The molecule has 1 aromatic rings. The van der Waals surface area contributed by atoms with E-state index in [0.29, 0.717) is 22.2 Å². The van der Waals surface area contributed by atoms with Crippen molar-refractivity contribution < 1.29 is 10.2 Å². The summed E-state index contributed by atoms with van der Waals surface area (Å²) in [6.07, 6.45) is 16.9. The molecule has 4 fully saturated rings. The largest absolute Gasteiger partial charge is 0.504 e. The maximum absolute atomic E-state index is 10.5. The average molecular weight is 478 g/mol. The van der Waals surface area contributed by atoms with Gasteiger partial charge in [-0.3, -0.25) is 0 Å². The van der Waals surface area contributed by atoms with E-state index in [-0.39, 0.29) is 16.9 Å². The molecule has 6 unspecified atom stereocenters. The second-order valence-electron chi connectivity index (χ2n) is 14.5. The summed E-state index contributed by atoms with van der Waals surface area (Å²) in [5.41, 5.74) is 4.49. The first kappa shape index (κ1) is 23.9. The van der Waals surface area contributed by atoms with Gasteiger partial charge in [0.15, 0.2) is 11.5 Å². The summed E-state index contributed by atoms with van der Waals surface area (Å²) >= 11 is 0. The van der Waals surface area contributed by atoms with Crippen LogP contribution in [0.5, 0.6) is 11.5 Å². The van der Waals surface area contributed by atoms with Gasteiger partial charge in [0.05, 0.1) is 0 Å². The van der Waals surface area contributed by atoms with Crippen LogP contribution in [-0.4, -0.2) is 34.7 Å². The molecule has 2 N–H and O–H groups in total. The summed E-state index contributed by atoms with van der Waals surface area (Å²) < 4.78 is 0. The molecule has 35 heavy (non-hydrogen) atoms. The lowest BCUT2D eigenvalue weighted by Crippen LogP contribution is -2.60. The number of likely N-dealkylation sites (tertiary alicyclic amines) is 1. The van der Waals surface area contributed by atoms with Crippen LogP contribution >= 0.6 is 0 Å². The summed E-state index contributed by atoms with van der Waals surface area (Å²) in [6.45, 7) is 16.2. The summed E-state index contributed by atoms with van der Waals surface area (Å²) in [5.74, 6) is 2.17. The number of phenols is 2. The zero-order chi connectivity index (χ0) is 24.8. The van der Waals surface area contributed by atoms with Crippen molar-refractivity contribution in [2.24, 2.45) is 34.0 Å². The van der Waals surface area contributed by atoms with E-state index in [4.69, 9.17) is 0 Å². The Balaban J connectivity index is 1.34. The molecule has 6 rings (SSSR count). The van der Waals surface area contributed by atoms with E-state index < -0.39 is 0 Å². The average Bonchev–Trinajstić information content (AvgIpc) is 3.31. The summed E-state index contributed by atoms with van der Waals surface area (Å²) in [7, 11) is 0. The summed E-state index contributed by atoms with van der Waals surface area (Å²) in [6, 6.07) is 1.89. The molecule has 4 aliphatic carbocycles. The van der Waals surface area contributed by atoms with Crippen LogP contribution in [0.2, 0.25) is 0 Å². The molecule has 3 heteroatoms. The lowest BCUT2D eigenvalue weighted by Gasteiger charge is -2.66. The highest BCUT2D eigenvalue weighted by Crippen LogP contribution is 2.70. The minimum Gasteiger partial charge on any atom is -0.504 e. The van der Waals surface area contributed by atoms with E-state index in [0.717, 1.165) is 23.0 Å². The molecule has 3 saturated carbocycles. The number of benzene rings is 1. The van der Waals surface area contributed by atoms with Crippen LogP contribution in [0.25, 0.3) is 6.08 Å². The molecular weight excluding hydrogens is 430 g/mol. The van der Waals surface area contributed by atoms with Crippen molar-refractivity contribution >= 4 is 6.08 Å². The van der Waals surface area contributed by atoms with Gasteiger partial charge in [-0.2, -0.15) is 0 Å². The lowest BCUT2D eigenvalue weighted by molar-refractivity contribution is -0.143. The van der Waals surface area contributed by atoms with E-state index in [1.807, 2.05) is 13.0 Å². The quantitative estimate of drug-likeness (QED) is 0.435. The highest BCUT2D eigenvalue weighted by Gasteiger charge is 2.62. The normalized spacial score (nSPS) is 44.9. The minimum absolute atomic E-state index is 0.0204. The van der Waals surface area contributed by atoms with E-state index in [1.165, 1.54) is 83.0 Å². The number of rotatable bonds is 2. The van der Waals surface area contributed by atoms with E-state index in [9.17, 15) is 10.2 Å². The Kier molecular flexibility index (Phi) is 5.30. The Hall–Kier alpha value is -1.48. The number of allylic oxidation sites excluding steroid dienone is 1. The maximum atomic E-state index is 10.5. The third-order valence-electron chi connectivity index (χ3n) is 12.3. The van der Waals surface area contributed by atoms with Crippen LogP contribution in [0, 0.1) is 40.9 Å². The molecule has 0 aromatic heterocycles. The standard InChI is InChI=1S/C32H47NO2/c1-21-22-8-9-27-31(4,24(22)18-26(34)28(21)35)11-10-23-25-19-29(2,20-33-16-6-7-17-33)12-13-30(25,3)14-15-32(23,27)5/h8-9,18,23,25,27,34-35H,6-7,10-17,19-20H2,1-5H3/t23?,25?,27?,29-,30?,31?,32?/m1/s1. The predicted molar refractivity (Wildman–Crippen MR) is 144 cm³/mol. The Morgan fingerprint density at radius 2 is 1.66 bits per heavy atom. The molecule has 7 atom stereocenters. The van der Waals surface area contributed by atoms with E-state index in [1.54, 1.807) is 0 Å². The maximum Gasteiger partial charge on any atom is 0.161 e. The molecule has 1 aromatic carbocycles. The molecule has 1 saturated heterocycles. The molecule has 1 heterocycles. The van der Waals surface area contributed by atoms with Crippen molar-refractivity contribution in [3.63, 3.8) is 0 Å². The van der Waals surface area contributed by atoms with Crippen molar-refractivity contribution in [2.45, 2.75) is 97.8 Å². The Morgan fingerprint density at radius 3 is 2.40 bits per heavy atom. The number of fused-ring (bicyclic) bond motifs is 7. The fourth-order valence-corrected chi connectivity index (χ4v) is 10.1. The van der Waals surface area contributed by atoms with Crippen molar-refractivity contribution in [3.05, 3.63) is 28.8 Å². The number of nitrogens with zero attached hydrogens (tertiary/aromatic N) is 1. The second-order valence-corrected chi connectivity index (χ2v) is 14.5. The number of hydrogen-bond acceptors (Lipinski definition) is 3. The van der Waals surface area contributed by atoms with Crippen LogP contribution in [0.15, 0.2) is 12.1 Å². The minimum atomic E-state index is 0.0204. The van der Waals surface area contributed by atoms with Gasteiger partial charge < -0.3 is 15.1 Å². The molecule has 3 nitrogen and oxygen atoms in total. The Morgan fingerprint density at radius 1 is 0.943 bits per heavy atom. The first-order valence-corrected chi connectivity index (χ1v) is 14.5. The van der Waals surface area contributed by atoms with E-state index in [2.05, 4.69) is 44.7 Å². The van der Waals surface area contributed by atoms with Gasteiger partial charge in [0, 0.05) is 17.5 Å². The molecule has 0 amide bonds. The molecule has 5 aliphatic rings. The number of phenolic OH excluding ortho intramolecular Hbond substituents is 2. The lowest BCUT2D eigenvalue weighted by atomic mass is 9.38. The van der Waals surface area contributed by atoms with Gasteiger partial charge in [-0.1, -0.05) is 39.8 Å². The van der Waals surface area contributed by atoms with Crippen LogP contribution < -0.4 is 0 Å². The van der Waals surface area contributed by atoms with Crippen molar-refractivity contribution in [1.29, 1.82) is 0 Å². The van der Waals surface area contributed by atoms with Gasteiger partial charge in [0.1, 0.15) is 0 Å². The van der Waals surface area contributed by atoms with Gasteiger partial charge in [-0.25, -0.2) is 0 Å². The van der Waals surface area contributed by atoms with Crippen LogP contribution in [0.1, 0.15) is 102 Å². The first-order valence-electron chi connectivity index (χ1n) is 14.5.